The van der Waals surface area contributed by atoms with Gasteiger partial charge in [-0.05, 0) is 23.8 Å². The standard InChI is InChI=1S/C18H17N3O3/c1-21-15-9-8-13(24-2)11-14(15)17(18(21)23)20-19-16(22)10-12-6-4-3-5-7-12/h3-9,11,23H,10H2,1-2H3. The Morgan fingerprint density at radius 3 is 2.67 bits per heavy atom. The first-order chi connectivity index (χ1) is 11.6. The number of aromatic hydroxyl groups is 1. The Morgan fingerprint density at radius 1 is 1.21 bits per heavy atom. The number of carbonyl (C=O) groups excluding carboxylic acids is 1. The summed E-state index contributed by atoms with van der Waals surface area (Å²) in [5.74, 6) is 0.218. The van der Waals surface area contributed by atoms with Gasteiger partial charge in [-0.2, -0.15) is 0 Å². The van der Waals surface area contributed by atoms with Gasteiger partial charge < -0.3 is 14.4 Å². The van der Waals surface area contributed by atoms with Gasteiger partial charge in [0.25, 0.3) is 5.91 Å². The second-order valence-corrected chi connectivity index (χ2v) is 5.37. The SMILES string of the molecule is COc1ccc2c(c1)c(N=NC(=O)Cc1ccccc1)c(O)n2C. The van der Waals surface area contributed by atoms with Crippen LogP contribution in [0.4, 0.5) is 5.69 Å². The van der Waals surface area contributed by atoms with E-state index in [1.54, 1.807) is 30.9 Å². The molecule has 0 fully saturated rings. The molecule has 6 nitrogen and oxygen atoms in total. The molecule has 122 valence electrons. The zero-order chi connectivity index (χ0) is 17.1. The predicted molar refractivity (Wildman–Crippen MR) is 90.8 cm³/mol. The van der Waals surface area contributed by atoms with Gasteiger partial charge in [0.2, 0.25) is 5.88 Å². The molecule has 0 aliphatic carbocycles. The Morgan fingerprint density at radius 2 is 1.96 bits per heavy atom. The van der Waals surface area contributed by atoms with Crippen LogP contribution in [0.2, 0.25) is 0 Å². The number of rotatable bonds is 4. The van der Waals surface area contributed by atoms with Crippen LogP contribution in [0.5, 0.6) is 11.6 Å². The third kappa shape index (κ3) is 2.99. The van der Waals surface area contributed by atoms with Gasteiger partial charge in [0.1, 0.15) is 5.75 Å². The topological polar surface area (TPSA) is 76.2 Å². The first-order valence-corrected chi connectivity index (χ1v) is 7.44. The van der Waals surface area contributed by atoms with E-state index in [-0.39, 0.29) is 23.9 Å². The van der Waals surface area contributed by atoms with Crippen LogP contribution in [0.15, 0.2) is 58.8 Å². The van der Waals surface area contributed by atoms with Crippen molar-refractivity contribution in [3.63, 3.8) is 0 Å². The number of azo groups is 1. The summed E-state index contributed by atoms with van der Waals surface area (Å²) in [4.78, 5) is 12.0. The smallest absolute Gasteiger partial charge is 0.269 e. The molecule has 0 aliphatic rings. The highest BCUT2D eigenvalue weighted by Gasteiger charge is 2.15. The molecule has 0 saturated heterocycles. The van der Waals surface area contributed by atoms with E-state index in [9.17, 15) is 9.90 Å². The minimum atomic E-state index is -0.375. The van der Waals surface area contributed by atoms with Crippen LogP contribution in [-0.4, -0.2) is 22.7 Å². The van der Waals surface area contributed by atoms with E-state index in [4.69, 9.17) is 4.74 Å². The molecule has 1 N–H and O–H groups in total. The quantitative estimate of drug-likeness (QED) is 0.743. The van der Waals surface area contributed by atoms with Gasteiger partial charge in [-0.25, -0.2) is 0 Å². The van der Waals surface area contributed by atoms with Crippen LogP contribution in [0, 0.1) is 0 Å². The van der Waals surface area contributed by atoms with Crippen LogP contribution >= 0.6 is 0 Å². The van der Waals surface area contributed by atoms with Crippen molar-refractivity contribution in [1.29, 1.82) is 0 Å². The van der Waals surface area contributed by atoms with Crippen molar-refractivity contribution in [3.05, 3.63) is 54.1 Å². The third-order valence-corrected chi connectivity index (χ3v) is 3.81. The molecule has 6 heteroatoms. The van der Waals surface area contributed by atoms with E-state index >= 15 is 0 Å². The predicted octanol–water partition coefficient (Wildman–Crippen LogP) is 3.75. The summed E-state index contributed by atoms with van der Waals surface area (Å²) in [6, 6.07) is 14.7. The summed E-state index contributed by atoms with van der Waals surface area (Å²) >= 11 is 0. The minimum absolute atomic E-state index is 0.0467. The van der Waals surface area contributed by atoms with Gasteiger partial charge in [-0.15, -0.1) is 10.2 Å². The lowest BCUT2D eigenvalue weighted by Gasteiger charge is -2.00. The molecule has 1 heterocycles. The molecule has 0 saturated carbocycles. The lowest BCUT2D eigenvalue weighted by atomic mass is 10.1. The van der Waals surface area contributed by atoms with Crippen LogP contribution in [-0.2, 0) is 18.3 Å². The van der Waals surface area contributed by atoms with Crippen LogP contribution in [0.3, 0.4) is 0 Å². The Labute approximate surface area is 139 Å². The summed E-state index contributed by atoms with van der Waals surface area (Å²) < 4.78 is 6.79. The molecule has 0 unspecified atom stereocenters. The number of carbonyl (C=O) groups is 1. The second kappa shape index (κ2) is 6.54. The van der Waals surface area contributed by atoms with E-state index in [1.165, 1.54) is 0 Å². The van der Waals surface area contributed by atoms with Gasteiger partial charge in [0.05, 0.1) is 19.0 Å². The lowest BCUT2D eigenvalue weighted by Crippen LogP contribution is -1.97. The zero-order valence-electron chi connectivity index (χ0n) is 13.4. The monoisotopic (exact) mass is 323 g/mol. The van der Waals surface area contributed by atoms with Crippen molar-refractivity contribution < 1.29 is 14.6 Å². The van der Waals surface area contributed by atoms with Crippen LogP contribution in [0.1, 0.15) is 5.56 Å². The Kier molecular flexibility index (Phi) is 4.29. The molecule has 0 atom stereocenters. The number of amides is 1. The maximum atomic E-state index is 12.0. The van der Waals surface area contributed by atoms with E-state index in [2.05, 4.69) is 10.2 Å². The largest absolute Gasteiger partial charge is 0.497 e. The van der Waals surface area contributed by atoms with Gasteiger partial charge >= 0.3 is 0 Å². The number of hydrogen-bond donors (Lipinski definition) is 1. The third-order valence-electron chi connectivity index (χ3n) is 3.81. The number of fused-ring (bicyclic) bond motifs is 1. The van der Waals surface area contributed by atoms with Crippen LogP contribution in [0.25, 0.3) is 10.9 Å². The molecule has 1 aromatic heterocycles. The van der Waals surface area contributed by atoms with Crippen LogP contribution < -0.4 is 4.74 Å². The average molecular weight is 323 g/mol. The fourth-order valence-corrected chi connectivity index (χ4v) is 2.53. The van der Waals surface area contributed by atoms with Gasteiger partial charge in [-0.1, -0.05) is 30.3 Å². The first kappa shape index (κ1) is 15.7. The maximum Gasteiger partial charge on any atom is 0.269 e. The van der Waals surface area contributed by atoms with E-state index in [0.29, 0.717) is 11.1 Å². The van der Waals surface area contributed by atoms with E-state index in [1.807, 2.05) is 36.4 Å². The summed E-state index contributed by atoms with van der Waals surface area (Å²) in [6.45, 7) is 0. The highest BCUT2D eigenvalue weighted by Crippen LogP contribution is 2.39. The molecule has 1 amide bonds. The maximum absolute atomic E-state index is 12.0. The molecular weight excluding hydrogens is 306 g/mol. The summed E-state index contributed by atoms with van der Waals surface area (Å²) in [5, 5.41) is 18.6. The van der Waals surface area contributed by atoms with Gasteiger partial charge in [0.15, 0.2) is 5.69 Å². The minimum Gasteiger partial charge on any atom is -0.497 e. The van der Waals surface area contributed by atoms with Crippen molar-refractivity contribution >= 4 is 22.5 Å². The van der Waals surface area contributed by atoms with Crippen molar-refractivity contribution in [2.45, 2.75) is 6.42 Å². The summed E-state index contributed by atoms with van der Waals surface area (Å²) in [5.41, 5.74) is 1.90. The fraction of sp³-hybridized carbons (Fsp3) is 0.167. The summed E-state index contributed by atoms with van der Waals surface area (Å²) in [6.07, 6.45) is 0.166. The lowest BCUT2D eigenvalue weighted by molar-refractivity contribution is -0.117. The van der Waals surface area contributed by atoms with E-state index < -0.39 is 0 Å². The average Bonchev–Trinajstić information content (AvgIpc) is 2.84. The molecule has 0 spiro atoms. The van der Waals surface area contributed by atoms with Crippen molar-refractivity contribution in [3.8, 4) is 11.6 Å². The number of aryl methyl sites for hydroxylation is 1. The molecule has 24 heavy (non-hydrogen) atoms. The molecule has 3 aromatic rings. The second-order valence-electron chi connectivity index (χ2n) is 5.37. The Hall–Kier alpha value is -3.15. The number of aromatic nitrogens is 1. The van der Waals surface area contributed by atoms with Crippen molar-refractivity contribution in [1.82, 2.24) is 4.57 Å². The number of benzene rings is 2. The molecular formula is C18H17N3O3. The summed E-state index contributed by atoms with van der Waals surface area (Å²) in [7, 11) is 3.28. The van der Waals surface area contributed by atoms with Crippen molar-refractivity contribution in [2.75, 3.05) is 7.11 Å². The molecule has 0 radical (unpaired) electrons. The molecule has 0 bridgehead atoms. The highest BCUT2D eigenvalue weighted by molar-refractivity contribution is 5.96. The first-order valence-electron chi connectivity index (χ1n) is 7.44. The van der Waals surface area contributed by atoms with Crippen molar-refractivity contribution in [2.24, 2.45) is 17.3 Å². The number of nitrogens with zero attached hydrogens (tertiary/aromatic N) is 3. The molecule has 3 rings (SSSR count). The Balaban J connectivity index is 1.91. The molecule has 0 aliphatic heterocycles. The van der Waals surface area contributed by atoms with Gasteiger partial charge in [-0.3, -0.25) is 4.79 Å². The number of hydrogen-bond acceptors (Lipinski definition) is 4. The zero-order valence-corrected chi connectivity index (χ0v) is 13.4. The Bertz CT molecular complexity index is 914. The molecule has 2 aromatic carbocycles. The number of methoxy groups -OCH3 is 1. The van der Waals surface area contributed by atoms with Gasteiger partial charge in [0, 0.05) is 12.4 Å². The normalized spacial score (nSPS) is 11.2. The number of ether oxygens (including phenoxy) is 1. The fourth-order valence-electron chi connectivity index (χ4n) is 2.53. The highest BCUT2D eigenvalue weighted by atomic mass is 16.5. The van der Waals surface area contributed by atoms with E-state index in [0.717, 1.165) is 11.1 Å².